The first-order valence-electron chi connectivity index (χ1n) is 5.18. The Bertz CT molecular complexity index is 572. The Morgan fingerprint density at radius 3 is 2.39 bits per heavy atom. The van der Waals surface area contributed by atoms with Gasteiger partial charge in [0.15, 0.2) is 0 Å². The van der Waals surface area contributed by atoms with Crippen LogP contribution in [0.15, 0.2) is 36.4 Å². The molecule has 0 unspecified atom stereocenters. The summed E-state index contributed by atoms with van der Waals surface area (Å²) in [6, 6.07) is 10.3. The first kappa shape index (κ1) is 13.3. The largest absolute Gasteiger partial charge is 0.489 e. The molecule has 0 radical (unpaired) electrons. The summed E-state index contributed by atoms with van der Waals surface area (Å²) in [6.45, 7) is 0.320. The van der Waals surface area contributed by atoms with Gasteiger partial charge in [-0.25, -0.2) is 0 Å². The molecule has 0 aliphatic carbocycles. The Morgan fingerprint density at radius 1 is 0.944 bits per heavy atom. The van der Waals surface area contributed by atoms with Crippen molar-refractivity contribution in [2.24, 2.45) is 0 Å². The number of ether oxygens (including phenoxy) is 1. The zero-order valence-electron chi connectivity index (χ0n) is 9.29. The highest BCUT2D eigenvalue weighted by Crippen LogP contribution is 2.26. The summed E-state index contributed by atoms with van der Waals surface area (Å²) >= 11 is 17.8. The van der Waals surface area contributed by atoms with Crippen LogP contribution < -0.4 is 10.5 Å². The molecule has 0 heterocycles. The molecule has 18 heavy (non-hydrogen) atoms. The highest BCUT2D eigenvalue weighted by molar-refractivity contribution is 6.33. The summed E-state index contributed by atoms with van der Waals surface area (Å²) < 4.78 is 5.58. The van der Waals surface area contributed by atoms with E-state index in [4.69, 9.17) is 45.3 Å². The highest BCUT2D eigenvalue weighted by atomic mass is 35.5. The van der Waals surface area contributed by atoms with Gasteiger partial charge in [0.25, 0.3) is 0 Å². The van der Waals surface area contributed by atoms with Crippen LogP contribution in [0.2, 0.25) is 15.1 Å². The smallest absolute Gasteiger partial charge is 0.121 e. The predicted octanol–water partition coefficient (Wildman–Crippen LogP) is 4.81. The van der Waals surface area contributed by atoms with Crippen LogP contribution >= 0.6 is 34.8 Å². The molecule has 0 fully saturated rings. The van der Waals surface area contributed by atoms with E-state index in [-0.39, 0.29) is 0 Å². The first-order valence-corrected chi connectivity index (χ1v) is 6.31. The lowest BCUT2D eigenvalue weighted by Crippen LogP contribution is -1.97. The monoisotopic (exact) mass is 301 g/mol. The van der Waals surface area contributed by atoms with E-state index in [2.05, 4.69) is 0 Å². The number of halogens is 3. The Labute approximate surface area is 120 Å². The van der Waals surface area contributed by atoms with Crippen LogP contribution in [0, 0.1) is 0 Å². The van der Waals surface area contributed by atoms with Gasteiger partial charge in [0.1, 0.15) is 12.4 Å². The maximum atomic E-state index is 6.03. The third-order valence-corrected chi connectivity index (χ3v) is 3.32. The summed E-state index contributed by atoms with van der Waals surface area (Å²) in [6.07, 6.45) is 0. The van der Waals surface area contributed by atoms with E-state index in [1.54, 1.807) is 36.4 Å². The fourth-order valence-corrected chi connectivity index (χ4v) is 1.91. The van der Waals surface area contributed by atoms with Crippen LogP contribution in [-0.4, -0.2) is 0 Å². The minimum absolute atomic E-state index is 0.320. The highest BCUT2D eigenvalue weighted by Gasteiger charge is 2.04. The van der Waals surface area contributed by atoms with Gasteiger partial charge >= 0.3 is 0 Å². The van der Waals surface area contributed by atoms with Crippen molar-refractivity contribution in [3.63, 3.8) is 0 Å². The normalized spacial score (nSPS) is 10.4. The van der Waals surface area contributed by atoms with Crippen LogP contribution in [0.25, 0.3) is 0 Å². The lowest BCUT2D eigenvalue weighted by molar-refractivity contribution is 0.306. The molecule has 0 aliphatic heterocycles. The molecule has 0 aliphatic rings. The number of hydrogen-bond acceptors (Lipinski definition) is 2. The minimum atomic E-state index is 0.320. The number of benzene rings is 2. The topological polar surface area (TPSA) is 35.2 Å². The summed E-state index contributed by atoms with van der Waals surface area (Å²) in [7, 11) is 0. The second-order valence-corrected chi connectivity index (χ2v) is 4.96. The predicted molar refractivity (Wildman–Crippen MR) is 76.7 cm³/mol. The fraction of sp³-hybridized carbons (Fsp3) is 0.0769. The van der Waals surface area contributed by atoms with Crippen LogP contribution in [-0.2, 0) is 6.61 Å². The van der Waals surface area contributed by atoms with E-state index >= 15 is 0 Å². The molecule has 0 bridgehead atoms. The average molecular weight is 303 g/mol. The van der Waals surface area contributed by atoms with E-state index in [0.717, 1.165) is 5.56 Å². The lowest BCUT2D eigenvalue weighted by Gasteiger charge is -2.09. The van der Waals surface area contributed by atoms with Gasteiger partial charge in [-0.2, -0.15) is 0 Å². The van der Waals surface area contributed by atoms with Crippen molar-refractivity contribution in [3.05, 3.63) is 57.0 Å². The zero-order valence-corrected chi connectivity index (χ0v) is 11.6. The maximum Gasteiger partial charge on any atom is 0.121 e. The van der Waals surface area contributed by atoms with Crippen LogP contribution in [0.1, 0.15) is 5.56 Å². The van der Waals surface area contributed by atoms with Crippen molar-refractivity contribution in [3.8, 4) is 5.75 Å². The molecule has 5 heteroatoms. The standard InChI is InChI=1S/C13H10Cl3NO/c14-9-1-3-11(15)8(5-9)7-18-10-2-4-12(16)13(17)6-10/h1-6H,7,17H2. The van der Waals surface area contributed by atoms with Gasteiger partial charge in [-0.15, -0.1) is 0 Å². The van der Waals surface area contributed by atoms with Crippen molar-refractivity contribution < 1.29 is 4.74 Å². The second-order valence-electron chi connectivity index (χ2n) is 3.71. The second kappa shape index (κ2) is 5.70. The lowest BCUT2D eigenvalue weighted by atomic mass is 10.2. The number of hydrogen-bond donors (Lipinski definition) is 1. The Kier molecular flexibility index (Phi) is 4.23. The number of anilines is 1. The van der Waals surface area contributed by atoms with Crippen LogP contribution in [0.3, 0.4) is 0 Å². The van der Waals surface area contributed by atoms with Gasteiger partial charge in [0.05, 0.1) is 10.7 Å². The van der Waals surface area contributed by atoms with Gasteiger partial charge in [-0.3, -0.25) is 0 Å². The maximum absolute atomic E-state index is 6.03. The SMILES string of the molecule is Nc1cc(OCc2cc(Cl)ccc2Cl)ccc1Cl. The molecule has 2 aromatic rings. The Balaban J connectivity index is 2.11. The van der Waals surface area contributed by atoms with E-state index in [1.807, 2.05) is 0 Å². The van der Waals surface area contributed by atoms with Crippen molar-refractivity contribution in [2.75, 3.05) is 5.73 Å². The van der Waals surface area contributed by atoms with E-state index in [0.29, 0.717) is 33.1 Å². The Hall–Kier alpha value is -1.09. The molecule has 2 rings (SSSR count). The minimum Gasteiger partial charge on any atom is -0.489 e. The van der Waals surface area contributed by atoms with Gasteiger partial charge < -0.3 is 10.5 Å². The molecule has 2 nitrogen and oxygen atoms in total. The molecule has 2 aromatic carbocycles. The molecule has 0 saturated heterocycles. The third-order valence-electron chi connectivity index (χ3n) is 2.37. The summed E-state index contributed by atoms with van der Waals surface area (Å²) in [5.41, 5.74) is 6.98. The van der Waals surface area contributed by atoms with Crippen molar-refractivity contribution in [1.82, 2.24) is 0 Å². The average Bonchev–Trinajstić information content (AvgIpc) is 2.34. The summed E-state index contributed by atoms with van der Waals surface area (Å²) in [5, 5.41) is 1.73. The van der Waals surface area contributed by atoms with Gasteiger partial charge in [0, 0.05) is 21.7 Å². The number of rotatable bonds is 3. The van der Waals surface area contributed by atoms with Crippen LogP contribution in [0.5, 0.6) is 5.75 Å². The number of nitrogen functional groups attached to an aromatic ring is 1. The first-order chi connectivity index (χ1) is 8.56. The summed E-state index contributed by atoms with van der Waals surface area (Å²) in [5.74, 6) is 0.632. The fourth-order valence-electron chi connectivity index (χ4n) is 1.43. The molecule has 0 atom stereocenters. The van der Waals surface area contributed by atoms with Crippen molar-refractivity contribution >= 4 is 40.5 Å². The third kappa shape index (κ3) is 3.22. The van der Waals surface area contributed by atoms with Crippen LogP contribution in [0.4, 0.5) is 5.69 Å². The Morgan fingerprint density at radius 2 is 1.67 bits per heavy atom. The molecular weight excluding hydrogens is 293 g/mol. The molecule has 0 amide bonds. The molecular formula is C13H10Cl3NO. The van der Waals surface area contributed by atoms with Crippen molar-refractivity contribution in [1.29, 1.82) is 0 Å². The van der Waals surface area contributed by atoms with Gasteiger partial charge in [0.2, 0.25) is 0 Å². The van der Waals surface area contributed by atoms with E-state index in [9.17, 15) is 0 Å². The molecule has 0 spiro atoms. The quantitative estimate of drug-likeness (QED) is 0.826. The van der Waals surface area contributed by atoms with E-state index in [1.165, 1.54) is 0 Å². The molecule has 0 aromatic heterocycles. The van der Waals surface area contributed by atoms with Gasteiger partial charge in [-0.1, -0.05) is 34.8 Å². The van der Waals surface area contributed by atoms with Gasteiger partial charge in [-0.05, 0) is 30.3 Å². The molecule has 0 saturated carbocycles. The van der Waals surface area contributed by atoms with Crippen molar-refractivity contribution in [2.45, 2.75) is 6.61 Å². The van der Waals surface area contributed by atoms with E-state index < -0.39 is 0 Å². The summed E-state index contributed by atoms with van der Waals surface area (Å²) in [4.78, 5) is 0. The number of nitrogens with two attached hydrogens (primary N) is 1. The molecule has 94 valence electrons. The zero-order chi connectivity index (χ0) is 13.1. The molecule has 2 N–H and O–H groups in total.